The Morgan fingerprint density at radius 2 is 1.37 bits per heavy atom. The lowest BCUT2D eigenvalue weighted by Gasteiger charge is -2.17. The van der Waals surface area contributed by atoms with E-state index in [0.717, 1.165) is 17.4 Å². The Balaban J connectivity index is 0. The molecule has 0 bridgehead atoms. The summed E-state index contributed by atoms with van der Waals surface area (Å²) in [7, 11) is 1.59. The number of carboxylic acids is 1. The number of nitrogens with zero attached hydrogens (tertiary/aromatic N) is 1. The third-order valence-corrected chi connectivity index (χ3v) is 3.36. The number of hydrogen-bond acceptors (Lipinski definition) is 9. The molecule has 1 aromatic carbocycles. The summed E-state index contributed by atoms with van der Waals surface area (Å²) in [5.74, 6) is -0.191. The standard InChI is InChI=1S/C10H10O3.C6H15NO3.C4H11NO2/c1-13-9-5-2-8(3-6-9)4-7-10(11)12;8-4-1-7(2-5-9)3-6-10;6-3-1-5-2-4-7/h2-7H,1H3,(H,11,12);8-10H,1-6H2;5-7H,1-4H2. The zero-order valence-electron chi connectivity index (χ0n) is 17.5. The number of aliphatic hydroxyl groups excluding tert-OH is 5. The lowest BCUT2D eigenvalue weighted by molar-refractivity contribution is -0.131. The molecule has 0 aromatic heterocycles. The van der Waals surface area contributed by atoms with Gasteiger partial charge in [0.15, 0.2) is 0 Å². The van der Waals surface area contributed by atoms with Crippen LogP contribution in [0.15, 0.2) is 30.3 Å². The molecule has 0 heterocycles. The molecule has 0 fully saturated rings. The van der Waals surface area contributed by atoms with Crippen LogP contribution < -0.4 is 10.1 Å². The third-order valence-electron chi connectivity index (χ3n) is 3.36. The Morgan fingerprint density at radius 3 is 1.70 bits per heavy atom. The molecule has 0 spiro atoms. The van der Waals surface area contributed by atoms with Crippen molar-refractivity contribution in [2.75, 3.05) is 72.9 Å². The highest BCUT2D eigenvalue weighted by molar-refractivity contribution is 5.85. The van der Waals surface area contributed by atoms with Crippen molar-refractivity contribution in [1.29, 1.82) is 0 Å². The second-order valence-corrected chi connectivity index (χ2v) is 5.65. The maximum atomic E-state index is 10.2. The minimum atomic E-state index is -0.948. The summed E-state index contributed by atoms with van der Waals surface area (Å²) in [4.78, 5) is 12.0. The van der Waals surface area contributed by atoms with Gasteiger partial charge in [0.1, 0.15) is 5.75 Å². The van der Waals surface area contributed by atoms with E-state index in [1.807, 2.05) is 0 Å². The average Bonchev–Trinajstić information content (AvgIpc) is 2.74. The zero-order chi connectivity index (χ0) is 23.0. The molecule has 0 unspecified atom stereocenters. The number of hydrogen-bond donors (Lipinski definition) is 7. The van der Waals surface area contributed by atoms with E-state index in [9.17, 15) is 4.79 Å². The van der Waals surface area contributed by atoms with Gasteiger partial charge in [-0.3, -0.25) is 4.90 Å². The Labute approximate surface area is 177 Å². The highest BCUT2D eigenvalue weighted by Gasteiger charge is 2.00. The summed E-state index contributed by atoms with van der Waals surface area (Å²) >= 11 is 0. The minimum Gasteiger partial charge on any atom is -0.497 e. The molecule has 0 saturated heterocycles. The molecule has 0 radical (unpaired) electrons. The summed E-state index contributed by atoms with van der Waals surface area (Å²) in [5, 5.41) is 52.9. The smallest absolute Gasteiger partial charge is 0.328 e. The summed E-state index contributed by atoms with van der Waals surface area (Å²) in [5.41, 5.74) is 0.836. The fourth-order valence-electron chi connectivity index (χ4n) is 1.93. The van der Waals surface area contributed by atoms with Gasteiger partial charge >= 0.3 is 5.97 Å². The second-order valence-electron chi connectivity index (χ2n) is 5.65. The average molecular weight is 433 g/mol. The second kappa shape index (κ2) is 23.2. The van der Waals surface area contributed by atoms with Crippen molar-refractivity contribution < 1.29 is 40.2 Å². The van der Waals surface area contributed by atoms with Crippen LogP contribution in [0.1, 0.15) is 5.56 Å². The van der Waals surface area contributed by atoms with E-state index in [0.29, 0.717) is 32.7 Å². The Morgan fingerprint density at radius 1 is 0.900 bits per heavy atom. The summed E-state index contributed by atoms with van der Waals surface area (Å²) in [6.07, 6.45) is 2.63. The van der Waals surface area contributed by atoms with Gasteiger partial charge in [-0.05, 0) is 23.8 Å². The van der Waals surface area contributed by atoms with Gasteiger partial charge in [0, 0.05) is 38.8 Å². The number of aliphatic carboxylic acids is 1. The van der Waals surface area contributed by atoms with E-state index in [1.54, 1.807) is 36.3 Å². The van der Waals surface area contributed by atoms with Gasteiger partial charge < -0.3 is 40.7 Å². The van der Waals surface area contributed by atoms with Crippen molar-refractivity contribution in [2.24, 2.45) is 0 Å². The van der Waals surface area contributed by atoms with E-state index in [1.165, 1.54) is 6.08 Å². The van der Waals surface area contributed by atoms with Gasteiger partial charge in [-0.2, -0.15) is 0 Å². The van der Waals surface area contributed by atoms with Crippen LogP contribution in [0.3, 0.4) is 0 Å². The third kappa shape index (κ3) is 20.7. The number of ether oxygens (including phenoxy) is 1. The molecule has 0 aliphatic heterocycles. The normalized spacial score (nSPS) is 10.2. The van der Waals surface area contributed by atoms with E-state index < -0.39 is 5.97 Å². The van der Waals surface area contributed by atoms with Crippen molar-refractivity contribution >= 4 is 12.0 Å². The Kier molecular flexibility index (Phi) is 23.3. The first-order chi connectivity index (χ1) is 14.5. The van der Waals surface area contributed by atoms with Crippen LogP contribution in [0.4, 0.5) is 0 Å². The Hall–Kier alpha value is -2.05. The van der Waals surface area contributed by atoms with E-state index in [4.69, 9.17) is 35.4 Å². The largest absolute Gasteiger partial charge is 0.497 e. The topological polar surface area (TPSA) is 163 Å². The Bertz CT molecular complexity index is 508. The molecule has 30 heavy (non-hydrogen) atoms. The lowest BCUT2D eigenvalue weighted by Crippen LogP contribution is -2.32. The molecule has 0 atom stereocenters. The first-order valence-electron chi connectivity index (χ1n) is 9.51. The predicted molar refractivity (Wildman–Crippen MR) is 114 cm³/mol. The molecule has 1 rings (SSSR count). The number of carboxylic acid groups (broad SMARTS) is 1. The summed E-state index contributed by atoms with van der Waals surface area (Å²) in [6.45, 7) is 3.17. The number of aliphatic hydroxyl groups is 5. The van der Waals surface area contributed by atoms with Crippen LogP contribution in [0.25, 0.3) is 6.08 Å². The molecular formula is C20H36N2O8. The molecule has 1 aromatic rings. The molecule has 7 N–H and O–H groups in total. The number of rotatable bonds is 13. The molecule has 10 nitrogen and oxygen atoms in total. The highest BCUT2D eigenvalue weighted by Crippen LogP contribution is 2.11. The van der Waals surface area contributed by atoms with Gasteiger partial charge in [0.05, 0.1) is 40.1 Å². The van der Waals surface area contributed by atoms with Crippen molar-refractivity contribution in [2.45, 2.75) is 0 Å². The van der Waals surface area contributed by atoms with Crippen molar-refractivity contribution in [1.82, 2.24) is 10.2 Å². The quantitative estimate of drug-likeness (QED) is 0.146. The number of methoxy groups -OCH3 is 1. The number of carbonyl (C=O) groups is 1. The fourth-order valence-corrected chi connectivity index (χ4v) is 1.93. The predicted octanol–water partition coefficient (Wildman–Crippen LogP) is -1.38. The first-order valence-corrected chi connectivity index (χ1v) is 9.51. The van der Waals surface area contributed by atoms with Crippen LogP contribution in [-0.2, 0) is 4.79 Å². The zero-order valence-corrected chi connectivity index (χ0v) is 17.5. The number of benzene rings is 1. The maximum Gasteiger partial charge on any atom is 0.328 e. The molecule has 0 aliphatic rings. The van der Waals surface area contributed by atoms with E-state index >= 15 is 0 Å². The highest BCUT2D eigenvalue weighted by atomic mass is 16.5. The summed E-state index contributed by atoms with van der Waals surface area (Å²) < 4.78 is 4.95. The molecule has 0 aliphatic carbocycles. The van der Waals surface area contributed by atoms with Gasteiger partial charge in [0.25, 0.3) is 0 Å². The first kappa shape index (κ1) is 30.1. The van der Waals surface area contributed by atoms with E-state index in [2.05, 4.69) is 5.32 Å². The molecule has 0 saturated carbocycles. The van der Waals surface area contributed by atoms with Crippen LogP contribution in [0.5, 0.6) is 5.75 Å². The SMILES string of the molecule is COc1ccc(C=CC(=O)O)cc1.OCCN(CCO)CCO.OCCNCCO. The van der Waals surface area contributed by atoms with Gasteiger partial charge in [-0.1, -0.05) is 12.1 Å². The number of nitrogens with one attached hydrogen (secondary N) is 1. The lowest BCUT2D eigenvalue weighted by atomic mass is 10.2. The molecular weight excluding hydrogens is 396 g/mol. The molecule has 0 amide bonds. The van der Waals surface area contributed by atoms with Crippen LogP contribution in [-0.4, -0.2) is 114 Å². The minimum absolute atomic E-state index is 0.0694. The monoisotopic (exact) mass is 432 g/mol. The van der Waals surface area contributed by atoms with Crippen LogP contribution >= 0.6 is 0 Å². The fraction of sp³-hybridized carbons (Fsp3) is 0.550. The summed E-state index contributed by atoms with van der Waals surface area (Å²) in [6, 6.07) is 7.14. The van der Waals surface area contributed by atoms with Crippen LogP contribution in [0, 0.1) is 0 Å². The molecule has 174 valence electrons. The van der Waals surface area contributed by atoms with Crippen molar-refractivity contribution in [3.63, 3.8) is 0 Å². The van der Waals surface area contributed by atoms with Crippen LogP contribution in [0.2, 0.25) is 0 Å². The maximum absolute atomic E-state index is 10.2. The van der Waals surface area contributed by atoms with Gasteiger partial charge in [-0.25, -0.2) is 4.79 Å². The molecule has 10 heteroatoms. The van der Waals surface area contributed by atoms with E-state index in [-0.39, 0.29) is 33.0 Å². The van der Waals surface area contributed by atoms with Crippen molar-refractivity contribution in [3.05, 3.63) is 35.9 Å². The van der Waals surface area contributed by atoms with Crippen molar-refractivity contribution in [3.8, 4) is 5.75 Å². The van der Waals surface area contributed by atoms with Gasteiger partial charge in [0.2, 0.25) is 0 Å². The van der Waals surface area contributed by atoms with Gasteiger partial charge in [-0.15, -0.1) is 0 Å².